The van der Waals surface area contributed by atoms with Crippen molar-refractivity contribution >= 4 is 22.4 Å². The number of H-pyrrole nitrogens is 1. The molecule has 2 unspecified atom stereocenters. The third-order valence-electron chi connectivity index (χ3n) is 5.51. The third kappa shape index (κ3) is 2.51. The third-order valence-corrected chi connectivity index (χ3v) is 5.51. The Labute approximate surface area is 145 Å². The van der Waals surface area contributed by atoms with Gasteiger partial charge in [0.05, 0.1) is 6.20 Å². The lowest BCUT2D eigenvalue weighted by atomic mass is 9.72. The first-order valence-electron chi connectivity index (χ1n) is 8.84. The highest BCUT2D eigenvalue weighted by atomic mass is 16.1. The van der Waals surface area contributed by atoms with Crippen LogP contribution in [-0.2, 0) is 11.8 Å². The first-order valence-corrected chi connectivity index (χ1v) is 8.84. The number of rotatable bonds is 2. The molecule has 2 aliphatic rings. The van der Waals surface area contributed by atoms with Crippen molar-refractivity contribution in [2.75, 3.05) is 0 Å². The Morgan fingerprint density at radius 3 is 2.92 bits per heavy atom. The Morgan fingerprint density at radius 2 is 2.12 bits per heavy atom. The quantitative estimate of drug-likeness (QED) is 0.777. The van der Waals surface area contributed by atoms with E-state index in [2.05, 4.69) is 27.2 Å². The smallest absolute Gasteiger partial charge is 0.137 e. The van der Waals surface area contributed by atoms with Gasteiger partial charge in [0, 0.05) is 55.0 Å². The molecule has 126 valence electrons. The molecule has 3 aromatic heterocycles. The highest BCUT2D eigenvalue weighted by Gasteiger charge is 2.31. The molecule has 2 bridgehead atoms. The molecule has 0 saturated heterocycles. The molecule has 5 rings (SSSR count). The molecule has 0 aromatic carbocycles. The Hall–Kier alpha value is -2.69. The first kappa shape index (κ1) is 14.6. The molecule has 5 heteroatoms. The van der Waals surface area contributed by atoms with Gasteiger partial charge in [-0.05, 0) is 41.9 Å². The molecule has 2 atom stereocenters. The van der Waals surface area contributed by atoms with Gasteiger partial charge in [0.2, 0.25) is 0 Å². The summed E-state index contributed by atoms with van der Waals surface area (Å²) in [5.74, 6) is 1.34. The lowest BCUT2D eigenvalue weighted by Gasteiger charge is -2.32. The number of aromatic nitrogens is 4. The van der Waals surface area contributed by atoms with E-state index < -0.39 is 0 Å². The SMILES string of the molecule is Cn1cc(-c2c[nH]c3ncc(C4=CC5CC(=O)CC(C4)C5)cc23)cn1. The summed E-state index contributed by atoms with van der Waals surface area (Å²) in [6.45, 7) is 0. The van der Waals surface area contributed by atoms with Gasteiger partial charge in [0.1, 0.15) is 11.4 Å². The second-order valence-corrected chi connectivity index (χ2v) is 7.43. The fraction of sp³-hybridized carbons (Fsp3) is 0.350. The summed E-state index contributed by atoms with van der Waals surface area (Å²) in [5.41, 5.74) is 5.65. The maximum Gasteiger partial charge on any atom is 0.137 e. The highest BCUT2D eigenvalue weighted by Crippen LogP contribution is 2.41. The predicted octanol–water partition coefficient (Wildman–Crippen LogP) is 3.74. The minimum Gasteiger partial charge on any atom is -0.346 e. The van der Waals surface area contributed by atoms with Crippen molar-refractivity contribution in [2.45, 2.75) is 25.7 Å². The molecular formula is C20H20N4O. The number of pyridine rings is 1. The zero-order valence-corrected chi connectivity index (χ0v) is 14.2. The molecule has 1 saturated carbocycles. The van der Waals surface area contributed by atoms with Crippen LogP contribution in [0.25, 0.3) is 27.7 Å². The van der Waals surface area contributed by atoms with E-state index in [1.54, 1.807) is 0 Å². The van der Waals surface area contributed by atoms with Gasteiger partial charge < -0.3 is 4.98 Å². The Morgan fingerprint density at radius 1 is 1.20 bits per heavy atom. The number of carbonyl (C=O) groups is 1. The van der Waals surface area contributed by atoms with E-state index in [-0.39, 0.29) is 0 Å². The van der Waals surface area contributed by atoms with Crippen LogP contribution in [0.15, 0.2) is 36.9 Å². The summed E-state index contributed by atoms with van der Waals surface area (Å²) in [7, 11) is 1.93. The summed E-state index contributed by atoms with van der Waals surface area (Å²) in [4.78, 5) is 19.7. The van der Waals surface area contributed by atoms with E-state index in [1.807, 2.05) is 36.5 Å². The van der Waals surface area contributed by atoms with E-state index in [9.17, 15) is 4.79 Å². The van der Waals surface area contributed by atoms with Crippen LogP contribution in [0.3, 0.4) is 0 Å². The van der Waals surface area contributed by atoms with Crippen molar-refractivity contribution in [3.05, 3.63) is 42.5 Å². The van der Waals surface area contributed by atoms with Gasteiger partial charge in [-0.15, -0.1) is 0 Å². The maximum absolute atomic E-state index is 11.8. The van der Waals surface area contributed by atoms with Crippen LogP contribution in [0.2, 0.25) is 0 Å². The number of carbonyl (C=O) groups excluding carboxylic acids is 1. The van der Waals surface area contributed by atoms with Crippen molar-refractivity contribution < 1.29 is 4.79 Å². The summed E-state index contributed by atoms with van der Waals surface area (Å²) >= 11 is 0. The van der Waals surface area contributed by atoms with Crippen molar-refractivity contribution in [3.63, 3.8) is 0 Å². The van der Waals surface area contributed by atoms with Gasteiger partial charge >= 0.3 is 0 Å². The van der Waals surface area contributed by atoms with Crippen molar-refractivity contribution in [3.8, 4) is 11.1 Å². The first-order chi connectivity index (χ1) is 12.2. The molecule has 0 spiro atoms. The number of allylic oxidation sites excluding steroid dienone is 2. The molecule has 5 nitrogen and oxygen atoms in total. The molecule has 1 fully saturated rings. The lowest BCUT2D eigenvalue weighted by molar-refractivity contribution is -0.122. The molecule has 2 aliphatic carbocycles. The van der Waals surface area contributed by atoms with Crippen LogP contribution < -0.4 is 0 Å². The van der Waals surface area contributed by atoms with Crippen molar-refractivity contribution in [1.29, 1.82) is 0 Å². The molecule has 0 aliphatic heterocycles. The average molecular weight is 332 g/mol. The Kier molecular flexibility index (Phi) is 3.17. The van der Waals surface area contributed by atoms with E-state index in [1.165, 1.54) is 11.1 Å². The van der Waals surface area contributed by atoms with Crippen LogP contribution in [0.5, 0.6) is 0 Å². The molecule has 25 heavy (non-hydrogen) atoms. The zero-order chi connectivity index (χ0) is 17.0. The lowest BCUT2D eigenvalue weighted by Crippen LogP contribution is -2.25. The number of Topliss-reactive ketones (excluding diaryl/α,β-unsaturated/α-hetero) is 1. The summed E-state index contributed by atoms with van der Waals surface area (Å²) in [5, 5.41) is 5.40. The average Bonchev–Trinajstić information content (AvgIpc) is 3.18. The van der Waals surface area contributed by atoms with E-state index in [0.29, 0.717) is 24.0 Å². The van der Waals surface area contributed by atoms with Crippen LogP contribution in [0.1, 0.15) is 31.2 Å². The van der Waals surface area contributed by atoms with Gasteiger partial charge in [0.25, 0.3) is 0 Å². The Bertz CT molecular complexity index is 1010. The summed E-state index contributed by atoms with van der Waals surface area (Å²) in [6, 6.07) is 2.23. The van der Waals surface area contributed by atoms with E-state index in [4.69, 9.17) is 0 Å². The highest BCUT2D eigenvalue weighted by molar-refractivity contribution is 5.95. The number of nitrogens with one attached hydrogen (secondary N) is 1. The monoisotopic (exact) mass is 332 g/mol. The number of fused-ring (bicyclic) bond motifs is 3. The number of aryl methyl sites for hydroxylation is 1. The molecule has 0 amide bonds. The number of aromatic amines is 1. The van der Waals surface area contributed by atoms with Crippen molar-refractivity contribution in [2.24, 2.45) is 18.9 Å². The normalized spacial score (nSPS) is 23.1. The van der Waals surface area contributed by atoms with Crippen molar-refractivity contribution in [1.82, 2.24) is 19.7 Å². The minimum atomic E-state index is 0.412. The Balaban J connectivity index is 1.58. The summed E-state index contributed by atoms with van der Waals surface area (Å²) < 4.78 is 1.81. The van der Waals surface area contributed by atoms with Gasteiger partial charge in [-0.2, -0.15) is 5.10 Å². The number of hydrogen-bond acceptors (Lipinski definition) is 3. The standard InChI is InChI=1S/C20H20N4O/c1-24-11-16(9-23-24)19-10-22-20-18(19)7-15(8-21-20)14-3-12-2-13(4-14)6-17(25)5-12/h3,7-13H,2,4-6H2,1H3,(H,21,22). The fourth-order valence-electron chi connectivity index (χ4n) is 4.43. The van der Waals surface area contributed by atoms with Gasteiger partial charge in [0.15, 0.2) is 0 Å². The van der Waals surface area contributed by atoms with E-state index in [0.717, 1.165) is 41.4 Å². The molecule has 3 heterocycles. The maximum atomic E-state index is 11.8. The fourth-order valence-corrected chi connectivity index (χ4v) is 4.43. The van der Waals surface area contributed by atoms with E-state index >= 15 is 0 Å². The second kappa shape index (κ2) is 5.41. The van der Waals surface area contributed by atoms with Crippen LogP contribution in [0, 0.1) is 11.8 Å². The van der Waals surface area contributed by atoms with Crippen LogP contribution in [-0.4, -0.2) is 25.5 Å². The second-order valence-electron chi connectivity index (χ2n) is 7.43. The van der Waals surface area contributed by atoms with Gasteiger partial charge in [-0.25, -0.2) is 4.98 Å². The molecule has 3 aromatic rings. The van der Waals surface area contributed by atoms with Gasteiger partial charge in [-0.3, -0.25) is 9.48 Å². The predicted molar refractivity (Wildman–Crippen MR) is 96.7 cm³/mol. The van der Waals surface area contributed by atoms with Gasteiger partial charge in [-0.1, -0.05) is 6.08 Å². The number of hydrogen-bond donors (Lipinski definition) is 1. The topological polar surface area (TPSA) is 63.6 Å². The largest absolute Gasteiger partial charge is 0.346 e. The number of nitrogens with zero attached hydrogens (tertiary/aromatic N) is 3. The zero-order valence-electron chi connectivity index (χ0n) is 14.2. The summed E-state index contributed by atoms with van der Waals surface area (Å²) in [6.07, 6.45) is 13.8. The molecule has 0 radical (unpaired) electrons. The number of ketones is 1. The van der Waals surface area contributed by atoms with Crippen LogP contribution in [0.4, 0.5) is 0 Å². The van der Waals surface area contributed by atoms with Crippen LogP contribution >= 0.6 is 0 Å². The molecular weight excluding hydrogens is 312 g/mol. The molecule has 1 N–H and O–H groups in total. The minimum absolute atomic E-state index is 0.412.